The lowest BCUT2D eigenvalue weighted by atomic mass is 10.1. The zero-order chi connectivity index (χ0) is 20.8. The van der Waals surface area contributed by atoms with Gasteiger partial charge in [0.05, 0.1) is 0 Å². The van der Waals surface area contributed by atoms with Gasteiger partial charge >= 0.3 is 0 Å². The van der Waals surface area contributed by atoms with Gasteiger partial charge in [-0.1, -0.05) is 36.4 Å². The zero-order valence-electron chi connectivity index (χ0n) is 16.7. The van der Waals surface area contributed by atoms with Gasteiger partial charge in [-0.3, -0.25) is 9.59 Å². The summed E-state index contributed by atoms with van der Waals surface area (Å²) in [6.07, 6.45) is 0. The maximum atomic E-state index is 13.1. The van der Waals surface area contributed by atoms with Gasteiger partial charge in [0.25, 0.3) is 0 Å². The third-order valence-electron chi connectivity index (χ3n) is 4.54. The summed E-state index contributed by atoms with van der Waals surface area (Å²) in [5, 5.41) is 5.41. The molecule has 5 heteroatoms. The van der Waals surface area contributed by atoms with Crippen LogP contribution in [-0.2, 0) is 9.59 Å². The fourth-order valence-corrected chi connectivity index (χ4v) is 3.91. The number of amides is 2. The van der Waals surface area contributed by atoms with Gasteiger partial charge in [-0.05, 0) is 66.9 Å². The molecule has 0 saturated heterocycles. The monoisotopic (exact) mass is 404 g/mol. The predicted octanol–water partition coefficient (Wildman–Crippen LogP) is 5.73. The molecule has 0 heterocycles. The molecule has 0 bridgehead atoms. The van der Waals surface area contributed by atoms with Crippen LogP contribution in [0.4, 0.5) is 11.4 Å². The fraction of sp³-hybridized carbons (Fsp3) is 0.167. The van der Waals surface area contributed by atoms with Crippen LogP contribution >= 0.6 is 11.8 Å². The number of rotatable bonds is 6. The van der Waals surface area contributed by atoms with Gasteiger partial charge in [0.1, 0.15) is 5.25 Å². The fourth-order valence-electron chi connectivity index (χ4n) is 2.88. The van der Waals surface area contributed by atoms with Crippen molar-refractivity contribution in [2.24, 2.45) is 0 Å². The largest absolute Gasteiger partial charge is 0.326 e. The van der Waals surface area contributed by atoms with Crippen LogP contribution in [0.1, 0.15) is 28.9 Å². The lowest BCUT2D eigenvalue weighted by Crippen LogP contribution is -2.19. The molecule has 29 heavy (non-hydrogen) atoms. The zero-order valence-corrected chi connectivity index (χ0v) is 17.5. The quantitative estimate of drug-likeness (QED) is 0.516. The second kappa shape index (κ2) is 9.43. The van der Waals surface area contributed by atoms with E-state index in [0.29, 0.717) is 0 Å². The Bertz CT molecular complexity index is 1000. The molecule has 3 aromatic carbocycles. The average Bonchev–Trinajstić information content (AvgIpc) is 2.70. The molecule has 0 radical (unpaired) electrons. The number of hydrogen-bond donors (Lipinski definition) is 2. The van der Waals surface area contributed by atoms with E-state index in [2.05, 4.69) is 10.6 Å². The van der Waals surface area contributed by atoms with Crippen molar-refractivity contribution < 1.29 is 9.59 Å². The van der Waals surface area contributed by atoms with E-state index in [1.807, 2.05) is 86.6 Å². The van der Waals surface area contributed by atoms with E-state index in [-0.39, 0.29) is 11.8 Å². The molecule has 0 fully saturated rings. The van der Waals surface area contributed by atoms with Crippen LogP contribution < -0.4 is 10.6 Å². The average molecular weight is 405 g/mol. The summed E-state index contributed by atoms with van der Waals surface area (Å²) in [5.41, 5.74) is 4.79. The van der Waals surface area contributed by atoms with Gasteiger partial charge in [-0.25, -0.2) is 0 Å². The molecule has 0 aliphatic carbocycles. The minimum atomic E-state index is -0.399. The Morgan fingerprint density at radius 2 is 1.45 bits per heavy atom. The maximum absolute atomic E-state index is 13.1. The first kappa shape index (κ1) is 20.7. The molecular weight excluding hydrogens is 380 g/mol. The van der Waals surface area contributed by atoms with E-state index in [9.17, 15) is 9.59 Å². The molecule has 1 atom stereocenters. The number of aryl methyl sites for hydroxylation is 2. The summed E-state index contributed by atoms with van der Waals surface area (Å²) in [7, 11) is 0. The second-order valence-electron chi connectivity index (χ2n) is 6.90. The van der Waals surface area contributed by atoms with Gasteiger partial charge < -0.3 is 10.6 Å². The van der Waals surface area contributed by atoms with Crippen molar-refractivity contribution in [1.29, 1.82) is 0 Å². The molecule has 0 spiro atoms. The minimum Gasteiger partial charge on any atom is -0.326 e. The summed E-state index contributed by atoms with van der Waals surface area (Å²) in [6.45, 7) is 5.56. The van der Waals surface area contributed by atoms with E-state index in [0.717, 1.165) is 27.4 Å². The first-order chi connectivity index (χ1) is 13.9. The minimum absolute atomic E-state index is 0.0737. The number of carbonyl (C=O) groups excluding carboxylic acids is 2. The normalized spacial score (nSPS) is 11.6. The van der Waals surface area contributed by atoms with E-state index < -0.39 is 5.25 Å². The van der Waals surface area contributed by atoms with Gasteiger partial charge in [-0.15, -0.1) is 11.8 Å². The predicted molar refractivity (Wildman–Crippen MR) is 120 cm³/mol. The van der Waals surface area contributed by atoms with Crippen LogP contribution in [-0.4, -0.2) is 11.8 Å². The first-order valence-corrected chi connectivity index (χ1v) is 10.3. The van der Waals surface area contributed by atoms with E-state index in [1.54, 1.807) is 0 Å². The Morgan fingerprint density at radius 3 is 2.07 bits per heavy atom. The molecule has 2 N–H and O–H groups in total. The molecule has 0 saturated carbocycles. The number of benzene rings is 3. The molecule has 0 aliphatic rings. The highest BCUT2D eigenvalue weighted by Gasteiger charge is 2.22. The van der Waals surface area contributed by atoms with Crippen LogP contribution in [0.5, 0.6) is 0 Å². The molecule has 1 unspecified atom stereocenters. The van der Waals surface area contributed by atoms with Gasteiger partial charge in [-0.2, -0.15) is 0 Å². The summed E-state index contributed by atoms with van der Waals surface area (Å²) in [5.74, 6) is -0.185. The van der Waals surface area contributed by atoms with E-state index in [1.165, 1.54) is 24.2 Å². The Morgan fingerprint density at radius 1 is 0.793 bits per heavy atom. The van der Waals surface area contributed by atoms with Gasteiger partial charge in [0.15, 0.2) is 0 Å². The van der Waals surface area contributed by atoms with Gasteiger partial charge in [0.2, 0.25) is 11.8 Å². The number of hydrogen-bond acceptors (Lipinski definition) is 3. The lowest BCUT2D eigenvalue weighted by molar-refractivity contribution is -0.116. The molecule has 2 amide bonds. The molecule has 3 aromatic rings. The Labute approximate surface area is 175 Å². The van der Waals surface area contributed by atoms with E-state index >= 15 is 0 Å². The van der Waals surface area contributed by atoms with Crippen molar-refractivity contribution in [3.63, 3.8) is 0 Å². The second-order valence-corrected chi connectivity index (χ2v) is 8.08. The highest BCUT2D eigenvalue weighted by Crippen LogP contribution is 2.36. The van der Waals surface area contributed by atoms with Crippen LogP contribution in [0.25, 0.3) is 0 Å². The Balaban J connectivity index is 1.82. The SMILES string of the molecule is CC(=O)Nc1ccc(SC(C(=O)Nc2ccc(C)c(C)c2)c2ccccc2)cc1. The van der Waals surface area contributed by atoms with E-state index in [4.69, 9.17) is 0 Å². The molecular formula is C24H24N2O2S. The first-order valence-electron chi connectivity index (χ1n) is 9.40. The lowest BCUT2D eigenvalue weighted by Gasteiger charge is -2.18. The van der Waals surface area contributed by atoms with Crippen molar-refractivity contribution in [1.82, 2.24) is 0 Å². The topological polar surface area (TPSA) is 58.2 Å². The summed E-state index contributed by atoms with van der Waals surface area (Å²) in [4.78, 5) is 25.3. The Hall–Kier alpha value is -3.05. The third-order valence-corrected chi connectivity index (χ3v) is 5.81. The third kappa shape index (κ3) is 5.72. The van der Waals surface area contributed by atoms with Crippen LogP contribution in [0.3, 0.4) is 0 Å². The summed E-state index contributed by atoms with van der Waals surface area (Å²) in [6, 6.07) is 23.2. The highest BCUT2D eigenvalue weighted by atomic mass is 32.2. The molecule has 148 valence electrons. The highest BCUT2D eigenvalue weighted by molar-refractivity contribution is 8.00. The summed E-state index contributed by atoms with van der Waals surface area (Å²) < 4.78 is 0. The standard InChI is InChI=1S/C24H24N2O2S/c1-16-9-10-21(15-17(16)2)26-24(28)23(19-7-5-4-6-8-19)29-22-13-11-20(12-14-22)25-18(3)27/h4-15,23H,1-3H3,(H,25,27)(H,26,28). The number of nitrogens with one attached hydrogen (secondary N) is 2. The number of anilines is 2. The van der Waals surface area contributed by atoms with Crippen LogP contribution in [0, 0.1) is 13.8 Å². The molecule has 3 rings (SSSR count). The molecule has 0 aromatic heterocycles. The van der Waals surface area contributed by atoms with Crippen molar-refractivity contribution in [3.05, 3.63) is 89.5 Å². The number of carbonyl (C=O) groups is 2. The van der Waals surface area contributed by atoms with Crippen molar-refractivity contribution in [2.45, 2.75) is 30.9 Å². The van der Waals surface area contributed by atoms with Crippen molar-refractivity contribution in [2.75, 3.05) is 10.6 Å². The van der Waals surface area contributed by atoms with Gasteiger partial charge in [0, 0.05) is 23.2 Å². The molecule has 0 aliphatic heterocycles. The van der Waals surface area contributed by atoms with Crippen molar-refractivity contribution in [3.8, 4) is 0 Å². The maximum Gasteiger partial charge on any atom is 0.242 e. The van der Waals surface area contributed by atoms with Crippen LogP contribution in [0.2, 0.25) is 0 Å². The smallest absolute Gasteiger partial charge is 0.242 e. The summed E-state index contributed by atoms with van der Waals surface area (Å²) >= 11 is 1.48. The Kier molecular flexibility index (Phi) is 6.73. The molecule has 4 nitrogen and oxygen atoms in total. The van der Waals surface area contributed by atoms with Crippen LogP contribution in [0.15, 0.2) is 77.7 Å². The number of thioether (sulfide) groups is 1. The van der Waals surface area contributed by atoms with Crippen molar-refractivity contribution >= 4 is 35.0 Å².